The van der Waals surface area contributed by atoms with E-state index in [1.165, 1.54) is 0 Å². The number of hydrogen-bond acceptors (Lipinski definition) is 4. The largest absolute Gasteiger partial charge is 0.493 e. The summed E-state index contributed by atoms with van der Waals surface area (Å²) in [7, 11) is 4.95. The number of para-hydroxylation sites is 1. The predicted molar refractivity (Wildman–Crippen MR) is 98.9 cm³/mol. The molecule has 134 valence electrons. The Kier molecular flexibility index (Phi) is 5.22. The van der Waals surface area contributed by atoms with Crippen LogP contribution in [0.25, 0.3) is 5.69 Å². The van der Waals surface area contributed by atoms with Crippen LogP contribution < -0.4 is 9.47 Å². The third-order valence-electron chi connectivity index (χ3n) is 4.06. The number of carbonyl (C=O) groups is 1. The number of ether oxygens (including phenoxy) is 2. The lowest BCUT2D eigenvalue weighted by Gasteiger charge is -2.17. The van der Waals surface area contributed by atoms with E-state index in [9.17, 15) is 4.79 Å². The molecule has 3 rings (SSSR count). The van der Waals surface area contributed by atoms with Crippen LogP contribution in [0.15, 0.2) is 60.9 Å². The summed E-state index contributed by atoms with van der Waals surface area (Å²) < 4.78 is 12.2. The normalized spacial score (nSPS) is 10.4. The lowest BCUT2D eigenvalue weighted by atomic mass is 10.2. The highest BCUT2D eigenvalue weighted by molar-refractivity contribution is 5.93. The van der Waals surface area contributed by atoms with Gasteiger partial charge in [0.05, 0.1) is 31.7 Å². The van der Waals surface area contributed by atoms with E-state index >= 15 is 0 Å². The standard InChI is InChI=1S/C20H21N3O3/c1-22(13-15-9-10-18(25-2)19(11-15)26-3)20(24)16-12-21-23(14-16)17-7-5-4-6-8-17/h4-12,14H,13H2,1-3H3. The lowest BCUT2D eigenvalue weighted by molar-refractivity contribution is 0.0785. The number of benzene rings is 2. The van der Waals surface area contributed by atoms with Crippen molar-refractivity contribution in [2.75, 3.05) is 21.3 Å². The first kappa shape index (κ1) is 17.5. The first-order valence-corrected chi connectivity index (χ1v) is 8.19. The van der Waals surface area contributed by atoms with Crippen LogP contribution in [0.1, 0.15) is 15.9 Å². The molecular formula is C20H21N3O3. The van der Waals surface area contributed by atoms with Gasteiger partial charge in [-0.05, 0) is 29.8 Å². The Morgan fingerprint density at radius 3 is 2.50 bits per heavy atom. The Morgan fingerprint density at radius 1 is 1.08 bits per heavy atom. The van der Waals surface area contributed by atoms with Crippen molar-refractivity contribution < 1.29 is 14.3 Å². The van der Waals surface area contributed by atoms with Gasteiger partial charge < -0.3 is 14.4 Å². The number of aromatic nitrogens is 2. The van der Waals surface area contributed by atoms with Crippen LogP contribution in [-0.2, 0) is 6.54 Å². The second-order valence-electron chi connectivity index (χ2n) is 5.86. The maximum Gasteiger partial charge on any atom is 0.257 e. The molecule has 2 aromatic carbocycles. The second kappa shape index (κ2) is 7.74. The van der Waals surface area contributed by atoms with Gasteiger partial charge in [0.1, 0.15) is 0 Å². The molecule has 0 fully saturated rings. The van der Waals surface area contributed by atoms with E-state index in [-0.39, 0.29) is 5.91 Å². The van der Waals surface area contributed by atoms with Crippen LogP contribution in [0.5, 0.6) is 11.5 Å². The topological polar surface area (TPSA) is 56.6 Å². The molecule has 0 saturated heterocycles. The SMILES string of the molecule is COc1ccc(CN(C)C(=O)c2cnn(-c3ccccc3)c2)cc1OC. The Balaban J connectivity index is 1.73. The van der Waals surface area contributed by atoms with Crippen molar-refractivity contribution in [1.82, 2.24) is 14.7 Å². The average molecular weight is 351 g/mol. The van der Waals surface area contributed by atoms with Gasteiger partial charge in [-0.1, -0.05) is 24.3 Å². The predicted octanol–water partition coefficient (Wildman–Crippen LogP) is 3.16. The summed E-state index contributed by atoms with van der Waals surface area (Å²) in [4.78, 5) is 14.3. The zero-order chi connectivity index (χ0) is 18.5. The molecule has 6 nitrogen and oxygen atoms in total. The molecule has 0 spiro atoms. The molecule has 0 N–H and O–H groups in total. The van der Waals surface area contributed by atoms with Gasteiger partial charge in [0.25, 0.3) is 5.91 Å². The van der Waals surface area contributed by atoms with Gasteiger partial charge in [0, 0.05) is 19.8 Å². The van der Waals surface area contributed by atoms with Gasteiger partial charge in [-0.25, -0.2) is 4.68 Å². The van der Waals surface area contributed by atoms with E-state index in [2.05, 4.69) is 5.10 Å². The van der Waals surface area contributed by atoms with Crippen molar-refractivity contribution in [1.29, 1.82) is 0 Å². The fraction of sp³-hybridized carbons (Fsp3) is 0.200. The number of methoxy groups -OCH3 is 2. The maximum absolute atomic E-state index is 12.7. The fourth-order valence-electron chi connectivity index (χ4n) is 2.70. The molecule has 0 unspecified atom stereocenters. The van der Waals surface area contributed by atoms with Crippen molar-refractivity contribution in [3.8, 4) is 17.2 Å². The van der Waals surface area contributed by atoms with E-state index in [1.807, 2.05) is 48.5 Å². The third-order valence-corrected chi connectivity index (χ3v) is 4.06. The molecule has 0 aliphatic carbocycles. The van der Waals surface area contributed by atoms with E-state index < -0.39 is 0 Å². The molecule has 1 amide bonds. The molecule has 26 heavy (non-hydrogen) atoms. The highest BCUT2D eigenvalue weighted by Crippen LogP contribution is 2.28. The van der Waals surface area contributed by atoms with Gasteiger partial charge in [-0.15, -0.1) is 0 Å². The van der Waals surface area contributed by atoms with Crippen molar-refractivity contribution >= 4 is 5.91 Å². The van der Waals surface area contributed by atoms with Crippen LogP contribution in [-0.4, -0.2) is 41.9 Å². The molecule has 0 aliphatic heterocycles. The maximum atomic E-state index is 12.7. The highest BCUT2D eigenvalue weighted by Gasteiger charge is 2.15. The van der Waals surface area contributed by atoms with Crippen molar-refractivity contribution in [3.05, 3.63) is 72.1 Å². The molecule has 0 atom stereocenters. The third kappa shape index (κ3) is 3.69. The zero-order valence-electron chi connectivity index (χ0n) is 15.0. The molecule has 0 bridgehead atoms. The van der Waals surface area contributed by atoms with E-state index in [1.54, 1.807) is 43.2 Å². The molecule has 1 heterocycles. The second-order valence-corrected chi connectivity index (χ2v) is 5.86. The van der Waals surface area contributed by atoms with Gasteiger partial charge in [0.15, 0.2) is 11.5 Å². The van der Waals surface area contributed by atoms with Crippen LogP contribution >= 0.6 is 0 Å². The molecule has 0 radical (unpaired) electrons. The van der Waals surface area contributed by atoms with Crippen molar-refractivity contribution in [2.24, 2.45) is 0 Å². The van der Waals surface area contributed by atoms with Crippen LogP contribution in [0.3, 0.4) is 0 Å². The summed E-state index contributed by atoms with van der Waals surface area (Å²) in [5.74, 6) is 1.21. The Labute approximate surface area is 152 Å². The summed E-state index contributed by atoms with van der Waals surface area (Å²) in [5, 5.41) is 4.28. The number of rotatable bonds is 6. The minimum atomic E-state index is -0.0954. The Hall–Kier alpha value is -3.28. The van der Waals surface area contributed by atoms with Crippen molar-refractivity contribution in [3.63, 3.8) is 0 Å². The molecule has 3 aromatic rings. The lowest BCUT2D eigenvalue weighted by Crippen LogP contribution is -2.25. The Bertz CT molecular complexity index is 890. The molecule has 6 heteroatoms. The van der Waals surface area contributed by atoms with Crippen molar-refractivity contribution in [2.45, 2.75) is 6.54 Å². The van der Waals surface area contributed by atoms with E-state index in [0.717, 1.165) is 11.3 Å². The minimum Gasteiger partial charge on any atom is -0.493 e. The molecular weight excluding hydrogens is 330 g/mol. The van der Waals surface area contributed by atoms with Crippen LogP contribution in [0.2, 0.25) is 0 Å². The highest BCUT2D eigenvalue weighted by atomic mass is 16.5. The summed E-state index contributed by atoms with van der Waals surface area (Å²) in [6.07, 6.45) is 3.32. The molecule has 1 aromatic heterocycles. The van der Waals surface area contributed by atoms with Crippen LogP contribution in [0, 0.1) is 0 Å². The van der Waals surface area contributed by atoms with Gasteiger partial charge in [-0.2, -0.15) is 5.10 Å². The van der Waals surface area contributed by atoms with Gasteiger partial charge in [-0.3, -0.25) is 4.79 Å². The van der Waals surface area contributed by atoms with Crippen LogP contribution in [0.4, 0.5) is 0 Å². The minimum absolute atomic E-state index is 0.0954. The van der Waals surface area contributed by atoms with E-state index in [0.29, 0.717) is 23.6 Å². The summed E-state index contributed by atoms with van der Waals surface area (Å²) in [5.41, 5.74) is 2.40. The average Bonchev–Trinajstić information content (AvgIpc) is 3.18. The Morgan fingerprint density at radius 2 is 1.81 bits per heavy atom. The fourth-order valence-corrected chi connectivity index (χ4v) is 2.70. The van der Waals surface area contributed by atoms with Gasteiger partial charge >= 0.3 is 0 Å². The number of nitrogens with zero attached hydrogens (tertiary/aromatic N) is 3. The first-order chi connectivity index (χ1) is 12.6. The number of carbonyl (C=O) groups excluding carboxylic acids is 1. The summed E-state index contributed by atoms with van der Waals surface area (Å²) in [6.45, 7) is 0.454. The zero-order valence-corrected chi connectivity index (χ0v) is 15.0. The number of amides is 1. The number of hydrogen-bond donors (Lipinski definition) is 0. The summed E-state index contributed by atoms with van der Waals surface area (Å²) >= 11 is 0. The smallest absolute Gasteiger partial charge is 0.257 e. The first-order valence-electron chi connectivity index (χ1n) is 8.19. The molecule has 0 aliphatic rings. The van der Waals surface area contributed by atoms with E-state index in [4.69, 9.17) is 9.47 Å². The molecule has 0 saturated carbocycles. The quantitative estimate of drug-likeness (QED) is 0.684. The summed E-state index contributed by atoms with van der Waals surface area (Å²) in [6, 6.07) is 15.3. The monoisotopic (exact) mass is 351 g/mol. The van der Waals surface area contributed by atoms with Gasteiger partial charge in [0.2, 0.25) is 0 Å².